The van der Waals surface area contributed by atoms with E-state index in [1.165, 1.54) is 18.2 Å². The number of fused-ring (bicyclic) bond motifs is 1. The number of nitrogens with two attached hydrogens (primary N) is 1. The minimum atomic E-state index is -0.475. The van der Waals surface area contributed by atoms with E-state index in [4.69, 9.17) is 10.5 Å². The molecule has 1 amide bonds. The first-order chi connectivity index (χ1) is 14.9. The van der Waals surface area contributed by atoms with Crippen LogP contribution in [0.3, 0.4) is 0 Å². The van der Waals surface area contributed by atoms with Crippen LogP contribution in [0.5, 0.6) is 0 Å². The van der Waals surface area contributed by atoms with E-state index in [9.17, 15) is 9.59 Å². The number of nitrogens with one attached hydrogen (secondary N) is 1. The highest BCUT2D eigenvalue weighted by Crippen LogP contribution is 2.32. The maximum Gasteiger partial charge on any atom is 0.354 e. The third-order valence-electron chi connectivity index (χ3n) is 4.86. The van der Waals surface area contributed by atoms with E-state index in [1.807, 2.05) is 12.1 Å². The molecule has 4 rings (SSSR count). The molecule has 0 fully saturated rings. The predicted molar refractivity (Wildman–Crippen MR) is 116 cm³/mol. The second-order valence-corrected chi connectivity index (χ2v) is 7.08. The molecule has 0 aliphatic heterocycles. The van der Waals surface area contributed by atoms with Gasteiger partial charge in [-0.1, -0.05) is 0 Å². The molecular weight excluding hydrogens is 396 g/mol. The zero-order valence-electron chi connectivity index (χ0n) is 17.2. The number of carbonyl (C=O) groups excluding carboxylic acids is 2. The molecule has 0 atom stereocenters. The van der Waals surface area contributed by atoms with E-state index in [0.717, 1.165) is 16.5 Å². The minimum Gasteiger partial charge on any atom is -0.464 e. The number of hydrogen-bond donors (Lipinski definition) is 2. The van der Waals surface area contributed by atoms with Crippen molar-refractivity contribution in [1.29, 1.82) is 0 Å². The van der Waals surface area contributed by atoms with Crippen molar-refractivity contribution in [2.24, 2.45) is 0 Å². The summed E-state index contributed by atoms with van der Waals surface area (Å²) in [5.74, 6) is -0.291. The Morgan fingerprint density at radius 3 is 2.52 bits per heavy atom. The van der Waals surface area contributed by atoms with Crippen LogP contribution in [0.25, 0.3) is 33.4 Å². The summed E-state index contributed by atoms with van der Waals surface area (Å²) in [4.78, 5) is 41.4. The SMILES string of the molecule is COC(=O)c1cc2c(-c3cnc(N)c(-c4ccc(C(=O)N(C)C)cn4)c3)ccnc2[nH]1. The van der Waals surface area contributed by atoms with Crippen molar-refractivity contribution < 1.29 is 14.3 Å². The van der Waals surface area contributed by atoms with Gasteiger partial charge in [-0.05, 0) is 35.9 Å². The molecule has 0 spiro atoms. The second-order valence-electron chi connectivity index (χ2n) is 7.08. The fourth-order valence-corrected chi connectivity index (χ4v) is 3.26. The molecule has 0 aliphatic carbocycles. The van der Waals surface area contributed by atoms with Crippen molar-refractivity contribution in [3.8, 4) is 22.4 Å². The number of carbonyl (C=O) groups is 2. The fourth-order valence-electron chi connectivity index (χ4n) is 3.26. The number of nitrogen functional groups attached to an aromatic ring is 1. The maximum atomic E-state index is 12.1. The molecule has 156 valence electrons. The van der Waals surface area contributed by atoms with Crippen LogP contribution in [0, 0.1) is 0 Å². The van der Waals surface area contributed by atoms with Crippen molar-refractivity contribution in [3.63, 3.8) is 0 Å². The van der Waals surface area contributed by atoms with Crippen molar-refractivity contribution in [2.45, 2.75) is 0 Å². The number of pyridine rings is 3. The Bertz CT molecular complexity index is 1290. The van der Waals surface area contributed by atoms with Gasteiger partial charge >= 0.3 is 5.97 Å². The second kappa shape index (κ2) is 7.86. The first-order valence-electron chi connectivity index (χ1n) is 9.39. The molecule has 0 saturated carbocycles. The number of aromatic amines is 1. The van der Waals surface area contributed by atoms with Gasteiger partial charge in [0.1, 0.15) is 17.2 Å². The Kier molecular flexibility index (Phi) is 5.08. The van der Waals surface area contributed by atoms with Gasteiger partial charge < -0.3 is 20.4 Å². The van der Waals surface area contributed by atoms with E-state index < -0.39 is 5.97 Å². The number of ether oxygens (including phenoxy) is 1. The average Bonchev–Trinajstić information content (AvgIpc) is 3.23. The number of nitrogens with zero attached hydrogens (tertiary/aromatic N) is 4. The third-order valence-corrected chi connectivity index (χ3v) is 4.86. The first kappa shape index (κ1) is 20.0. The molecule has 0 saturated heterocycles. The molecular formula is C22H20N6O3. The molecule has 9 nitrogen and oxygen atoms in total. The van der Waals surface area contributed by atoms with Crippen molar-refractivity contribution >= 4 is 28.7 Å². The zero-order chi connectivity index (χ0) is 22.1. The number of H-pyrrole nitrogens is 1. The molecule has 4 aromatic rings. The largest absolute Gasteiger partial charge is 0.464 e. The lowest BCUT2D eigenvalue weighted by Gasteiger charge is -2.11. The molecule has 0 radical (unpaired) electrons. The maximum absolute atomic E-state index is 12.1. The molecule has 0 aliphatic rings. The predicted octanol–water partition coefficient (Wildman–Crippen LogP) is 2.76. The van der Waals surface area contributed by atoms with Crippen LogP contribution in [0.15, 0.2) is 48.9 Å². The van der Waals surface area contributed by atoms with Gasteiger partial charge in [-0.3, -0.25) is 9.78 Å². The van der Waals surface area contributed by atoms with Gasteiger partial charge in [-0.25, -0.2) is 14.8 Å². The summed E-state index contributed by atoms with van der Waals surface area (Å²) in [5.41, 5.74) is 10.3. The molecule has 0 bridgehead atoms. The number of rotatable bonds is 4. The normalized spacial score (nSPS) is 10.8. The van der Waals surface area contributed by atoms with Crippen molar-refractivity contribution in [1.82, 2.24) is 24.8 Å². The summed E-state index contributed by atoms with van der Waals surface area (Å²) < 4.78 is 4.78. The number of aromatic nitrogens is 4. The van der Waals surface area contributed by atoms with E-state index in [2.05, 4.69) is 19.9 Å². The summed E-state index contributed by atoms with van der Waals surface area (Å²) in [5, 5.41) is 0.750. The van der Waals surface area contributed by atoms with Crippen LogP contribution in [0.1, 0.15) is 20.8 Å². The molecule has 4 heterocycles. The van der Waals surface area contributed by atoms with Gasteiger partial charge in [-0.15, -0.1) is 0 Å². The van der Waals surface area contributed by atoms with Gasteiger partial charge in [-0.2, -0.15) is 0 Å². The summed E-state index contributed by atoms with van der Waals surface area (Å²) in [6, 6.07) is 8.84. The van der Waals surface area contributed by atoms with Gasteiger partial charge in [0.05, 0.1) is 18.4 Å². The Labute approximate surface area is 177 Å². The van der Waals surface area contributed by atoms with Crippen molar-refractivity contribution in [2.75, 3.05) is 26.9 Å². The highest BCUT2D eigenvalue weighted by molar-refractivity contribution is 6.00. The summed E-state index contributed by atoms with van der Waals surface area (Å²) in [6.07, 6.45) is 4.82. The third kappa shape index (κ3) is 3.68. The van der Waals surface area contributed by atoms with Gasteiger partial charge in [0.25, 0.3) is 5.91 Å². The lowest BCUT2D eigenvalue weighted by molar-refractivity contribution is 0.0595. The monoisotopic (exact) mass is 416 g/mol. The lowest BCUT2D eigenvalue weighted by atomic mass is 10.0. The highest BCUT2D eigenvalue weighted by Gasteiger charge is 2.16. The van der Waals surface area contributed by atoms with E-state index in [-0.39, 0.29) is 5.91 Å². The van der Waals surface area contributed by atoms with Crippen LogP contribution < -0.4 is 5.73 Å². The Balaban J connectivity index is 1.78. The van der Waals surface area contributed by atoms with Crippen LogP contribution in [0.2, 0.25) is 0 Å². The first-order valence-corrected chi connectivity index (χ1v) is 9.39. The van der Waals surface area contributed by atoms with E-state index in [0.29, 0.717) is 34.0 Å². The van der Waals surface area contributed by atoms with Crippen LogP contribution in [0.4, 0.5) is 5.82 Å². The molecule has 0 unspecified atom stereocenters. The van der Waals surface area contributed by atoms with Gasteiger partial charge in [0, 0.05) is 49.2 Å². The van der Waals surface area contributed by atoms with Crippen LogP contribution in [-0.2, 0) is 4.74 Å². The zero-order valence-corrected chi connectivity index (χ0v) is 17.2. The smallest absolute Gasteiger partial charge is 0.354 e. The molecule has 31 heavy (non-hydrogen) atoms. The van der Waals surface area contributed by atoms with Crippen LogP contribution in [-0.4, -0.2) is 57.9 Å². The molecule has 4 aromatic heterocycles. The number of amides is 1. The highest BCUT2D eigenvalue weighted by atomic mass is 16.5. The number of anilines is 1. The number of hydrogen-bond acceptors (Lipinski definition) is 7. The molecule has 9 heteroatoms. The summed E-state index contributed by atoms with van der Waals surface area (Å²) in [7, 11) is 4.69. The van der Waals surface area contributed by atoms with Crippen LogP contribution >= 0.6 is 0 Å². The minimum absolute atomic E-state index is 0.132. The number of esters is 1. The lowest BCUT2D eigenvalue weighted by Crippen LogP contribution is -2.21. The molecule has 0 aromatic carbocycles. The number of methoxy groups -OCH3 is 1. The van der Waals surface area contributed by atoms with Gasteiger partial charge in [0.15, 0.2) is 0 Å². The van der Waals surface area contributed by atoms with Crippen molar-refractivity contribution in [3.05, 3.63) is 60.2 Å². The summed E-state index contributed by atoms with van der Waals surface area (Å²) >= 11 is 0. The van der Waals surface area contributed by atoms with E-state index >= 15 is 0 Å². The Hall–Kier alpha value is -4.27. The van der Waals surface area contributed by atoms with Gasteiger partial charge in [0.2, 0.25) is 0 Å². The Morgan fingerprint density at radius 1 is 1.03 bits per heavy atom. The Morgan fingerprint density at radius 2 is 1.84 bits per heavy atom. The summed E-state index contributed by atoms with van der Waals surface area (Å²) in [6.45, 7) is 0. The topological polar surface area (TPSA) is 127 Å². The molecule has 3 N–H and O–H groups in total. The standard InChI is InChI=1S/C22H20N6O3/c1-28(2)21(29)12-4-5-17(25-10-12)16-8-13(11-26-19(16)23)14-6-7-24-20-15(14)9-18(27-20)22(30)31-3/h4-11H,1-3H3,(H2,23,26)(H,24,27). The van der Waals surface area contributed by atoms with E-state index in [1.54, 1.807) is 44.7 Å². The average molecular weight is 416 g/mol. The fraction of sp³-hybridized carbons (Fsp3) is 0.136. The quantitative estimate of drug-likeness (QED) is 0.490.